The fourth-order valence-corrected chi connectivity index (χ4v) is 7.69. The van der Waals surface area contributed by atoms with Crippen LogP contribution in [0.1, 0.15) is 85.5 Å². The molecular formula is C21H34O. The number of Topliss-reactive ketones (excluding diaryl/α,β-unsaturated/α-hetero) is 1. The second-order valence-corrected chi connectivity index (χ2v) is 10.3. The van der Waals surface area contributed by atoms with Gasteiger partial charge in [0.1, 0.15) is 5.78 Å². The summed E-state index contributed by atoms with van der Waals surface area (Å²) in [5.41, 5.74) is 0.527. The molecule has 4 saturated carbocycles. The number of hydrogen-bond donors (Lipinski definition) is 0. The molecule has 0 radical (unpaired) electrons. The summed E-state index contributed by atoms with van der Waals surface area (Å²) >= 11 is 0. The molecule has 0 spiro atoms. The van der Waals surface area contributed by atoms with Gasteiger partial charge < -0.3 is 0 Å². The van der Waals surface area contributed by atoms with E-state index >= 15 is 0 Å². The molecule has 22 heavy (non-hydrogen) atoms. The van der Waals surface area contributed by atoms with Crippen LogP contribution in [0.5, 0.6) is 0 Å². The van der Waals surface area contributed by atoms with Crippen molar-refractivity contribution in [3.8, 4) is 0 Å². The molecule has 4 aliphatic rings. The molecule has 0 N–H and O–H groups in total. The minimum Gasteiger partial charge on any atom is -0.298 e. The van der Waals surface area contributed by atoms with E-state index < -0.39 is 0 Å². The van der Waals surface area contributed by atoms with Crippen LogP contribution in [0.4, 0.5) is 0 Å². The Balaban J connectivity index is 1.68. The van der Waals surface area contributed by atoms with Gasteiger partial charge in [-0.15, -0.1) is 0 Å². The van der Waals surface area contributed by atoms with E-state index in [0.717, 1.165) is 24.2 Å². The van der Waals surface area contributed by atoms with Gasteiger partial charge in [0.05, 0.1) is 0 Å². The Morgan fingerprint density at radius 3 is 2.41 bits per heavy atom. The van der Waals surface area contributed by atoms with Crippen molar-refractivity contribution in [3.05, 3.63) is 0 Å². The molecule has 0 heterocycles. The maximum Gasteiger partial charge on any atom is 0.144 e. The highest BCUT2D eigenvalue weighted by molar-refractivity contribution is 5.92. The van der Waals surface area contributed by atoms with Gasteiger partial charge in [-0.1, -0.05) is 40.5 Å². The first kappa shape index (κ1) is 15.2. The van der Waals surface area contributed by atoms with Gasteiger partial charge in [0.25, 0.3) is 0 Å². The Kier molecular flexibility index (Phi) is 3.18. The lowest BCUT2D eigenvalue weighted by Gasteiger charge is -2.59. The molecule has 4 rings (SSSR count). The van der Waals surface area contributed by atoms with Crippen LogP contribution in [0.3, 0.4) is 0 Å². The zero-order valence-electron chi connectivity index (χ0n) is 15.1. The minimum atomic E-state index is -0.0708. The highest BCUT2D eigenvalue weighted by atomic mass is 16.1. The lowest BCUT2D eigenvalue weighted by Crippen LogP contribution is -2.52. The molecule has 0 aromatic heterocycles. The van der Waals surface area contributed by atoms with E-state index in [0.29, 0.717) is 17.1 Å². The van der Waals surface area contributed by atoms with E-state index in [4.69, 9.17) is 0 Å². The molecule has 0 saturated heterocycles. The number of carbonyl (C=O) groups excluding carboxylic acids is 1. The van der Waals surface area contributed by atoms with Gasteiger partial charge in [0, 0.05) is 10.8 Å². The largest absolute Gasteiger partial charge is 0.298 e. The topological polar surface area (TPSA) is 17.1 Å². The normalized spacial score (nSPS) is 53.5. The van der Waals surface area contributed by atoms with Gasteiger partial charge in [-0.3, -0.25) is 4.79 Å². The van der Waals surface area contributed by atoms with E-state index in [9.17, 15) is 4.79 Å². The van der Waals surface area contributed by atoms with E-state index in [1.54, 1.807) is 0 Å². The second kappa shape index (κ2) is 4.61. The average Bonchev–Trinajstić information content (AvgIpc) is 2.66. The Hall–Kier alpha value is -0.330. The van der Waals surface area contributed by atoms with Crippen molar-refractivity contribution in [2.45, 2.75) is 85.5 Å². The zero-order chi connectivity index (χ0) is 15.8. The molecule has 6 atom stereocenters. The van der Waals surface area contributed by atoms with Crippen LogP contribution >= 0.6 is 0 Å². The Labute approximate surface area is 136 Å². The third-order valence-electron chi connectivity index (χ3n) is 8.84. The molecular weight excluding hydrogens is 268 g/mol. The van der Waals surface area contributed by atoms with E-state index in [1.807, 2.05) is 0 Å². The quantitative estimate of drug-likeness (QED) is 0.567. The van der Waals surface area contributed by atoms with E-state index in [-0.39, 0.29) is 10.8 Å². The van der Waals surface area contributed by atoms with Crippen LogP contribution in [0.2, 0.25) is 0 Å². The molecule has 0 aliphatic heterocycles. The standard InChI is InChI=1S/C21H34O/c1-19(2)13-17-15-9-8-14-7-5-6-11-20(14,3)16(15)10-12-21(17,4)18(19)22/h14-17H,5-13H2,1-4H3. The van der Waals surface area contributed by atoms with Gasteiger partial charge in [0.2, 0.25) is 0 Å². The van der Waals surface area contributed by atoms with Crippen LogP contribution in [-0.2, 0) is 4.79 Å². The summed E-state index contributed by atoms with van der Waals surface area (Å²) in [5, 5.41) is 0. The molecule has 0 aromatic carbocycles. The first-order chi connectivity index (χ1) is 10.3. The van der Waals surface area contributed by atoms with E-state index in [2.05, 4.69) is 27.7 Å². The number of ketones is 1. The van der Waals surface area contributed by atoms with Gasteiger partial charge in [-0.25, -0.2) is 0 Å². The first-order valence-corrected chi connectivity index (χ1v) is 9.84. The van der Waals surface area contributed by atoms with Gasteiger partial charge >= 0.3 is 0 Å². The van der Waals surface area contributed by atoms with Crippen LogP contribution < -0.4 is 0 Å². The van der Waals surface area contributed by atoms with Gasteiger partial charge in [-0.2, -0.15) is 0 Å². The second-order valence-electron chi connectivity index (χ2n) is 10.3. The third kappa shape index (κ3) is 1.80. The number of fused-ring (bicyclic) bond motifs is 5. The molecule has 1 nitrogen and oxygen atoms in total. The maximum absolute atomic E-state index is 13.0. The van der Waals surface area contributed by atoms with Crippen LogP contribution in [0.25, 0.3) is 0 Å². The van der Waals surface area contributed by atoms with Crippen molar-refractivity contribution in [2.75, 3.05) is 0 Å². The Morgan fingerprint density at radius 1 is 0.864 bits per heavy atom. The minimum absolute atomic E-state index is 0.00251. The average molecular weight is 303 g/mol. The number of rotatable bonds is 0. The van der Waals surface area contributed by atoms with Crippen molar-refractivity contribution in [3.63, 3.8) is 0 Å². The summed E-state index contributed by atoms with van der Waals surface area (Å²) in [5.74, 6) is 3.99. The van der Waals surface area contributed by atoms with Gasteiger partial charge in [-0.05, 0) is 74.0 Å². The molecule has 1 heteroatoms. The fourth-order valence-electron chi connectivity index (χ4n) is 7.69. The lowest BCUT2D eigenvalue weighted by molar-refractivity contribution is -0.141. The Bertz CT molecular complexity index is 492. The molecule has 6 unspecified atom stereocenters. The predicted octanol–water partition coefficient (Wildman–Crippen LogP) is 5.62. The van der Waals surface area contributed by atoms with Crippen molar-refractivity contribution >= 4 is 5.78 Å². The molecule has 0 bridgehead atoms. The number of hydrogen-bond acceptors (Lipinski definition) is 1. The predicted molar refractivity (Wildman–Crippen MR) is 90.5 cm³/mol. The molecule has 4 aliphatic carbocycles. The molecule has 0 amide bonds. The summed E-state index contributed by atoms with van der Waals surface area (Å²) in [6.07, 6.45) is 12.4. The van der Waals surface area contributed by atoms with Crippen molar-refractivity contribution in [2.24, 2.45) is 39.9 Å². The summed E-state index contributed by atoms with van der Waals surface area (Å²) < 4.78 is 0. The summed E-state index contributed by atoms with van der Waals surface area (Å²) in [6, 6.07) is 0. The molecule has 124 valence electrons. The third-order valence-corrected chi connectivity index (χ3v) is 8.84. The van der Waals surface area contributed by atoms with Crippen LogP contribution in [0, 0.1) is 39.9 Å². The summed E-state index contributed by atoms with van der Waals surface area (Å²) in [4.78, 5) is 13.0. The highest BCUT2D eigenvalue weighted by Gasteiger charge is 2.63. The SMILES string of the molecule is CC1(C)CC2C3CCC4CCCCC4(C)C3CCC2(C)C1=O. The van der Waals surface area contributed by atoms with Crippen molar-refractivity contribution in [1.82, 2.24) is 0 Å². The number of carbonyl (C=O) groups is 1. The fraction of sp³-hybridized carbons (Fsp3) is 0.952. The Morgan fingerprint density at radius 2 is 1.64 bits per heavy atom. The lowest BCUT2D eigenvalue weighted by atomic mass is 9.45. The van der Waals surface area contributed by atoms with Crippen molar-refractivity contribution in [1.29, 1.82) is 0 Å². The van der Waals surface area contributed by atoms with Crippen LogP contribution in [-0.4, -0.2) is 5.78 Å². The molecule has 0 aromatic rings. The monoisotopic (exact) mass is 302 g/mol. The highest BCUT2D eigenvalue weighted by Crippen LogP contribution is 2.67. The van der Waals surface area contributed by atoms with Crippen LogP contribution in [0.15, 0.2) is 0 Å². The van der Waals surface area contributed by atoms with Gasteiger partial charge in [0.15, 0.2) is 0 Å². The maximum atomic E-state index is 13.0. The summed E-state index contributed by atoms with van der Waals surface area (Å²) in [7, 11) is 0. The zero-order valence-corrected chi connectivity index (χ0v) is 15.1. The van der Waals surface area contributed by atoms with E-state index in [1.165, 1.54) is 51.4 Å². The van der Waals surface area contributed by atoms with Crippen molar-refractivity contribution < 1.29 is 4.79 Å². The molecule has 4 fully saturated rings. The smallest absolute Gasteiger partial charge is 0.144 e. The first-order valence-electron chi connectivity index (χ1n) is 9.84. The summed E-state index contributed by atoms with van der Waals surface area (Å²) in [6.45, 7) is 9.36.